The summed E-state index contributed by atoms with van der Waals surface area (Å²) in [7, 11) is 0. The predicted octanol–water partition coefficient (Wildman–Crippen LogP) is 3.58. The van der Waals surface area contributed by atoms with Gasteiger partial charge in [-0.1, -0.05) is 60.7 Å². The number of esters is 1. The first-order valence-electron chi connectivity index (χ1n) is 9.55. The second kappa shape index (κ2) is 9.19. The van der Waals surface area contributed by atoms with Gasteiger partial charge in [0, 0.05) is 0 Å². The molecule has 6 heteroatoms. The summed E-state index contributed by atoms with van der Waals surface area (Å²) in [6, 6.07) is 19.3. The first-order chi connectivity index (χ1) is 14.0. The Hall–Kier alpha value is -3.41. The van der Waals surface area contributed by atoms with Gasteiger partial charge >= 0.3 is 5.97 Å². The number of rotatable bonds is 7. The lowest BCUT2D eigenvalue weighted by atomic mass is 10.1. The SMILES string of the molecule is Cc1nn(Cc2ccccc2)c(C)c1C(=O)OCC(=O)N[C@@H](C)c1ccccc1. The number of hydrogen-bond acceptors (Lipinski definition) is 4. The lowest BCUT2D eigenvalue weighted by Crippen LogP contribution is -2.31. The van der Waals surface area contributed by atoms with E-state index < -0.39 is 5.97 Å². The molecule has 0 aliphatic rings. The molecule has 1 aromatic heterocycles. The minimum Gasteiger partial charge on any atom is -0.452 e. The summed E-state index contributed by atoms with van der Waals surface area (Å²) in [6.07, 6.45) is 0. The normalized spacial score (nSPS) is 11.7. The van der Waals surface area contributed by atoms with Crippen LogP contribution < -0.4 is 5.32 Å². The van der Waals surface area contributed by atoms with Crippen molar-refractivity contribution in [3.63, 3.8) is 0 Å². The molecule has 29 heavy (non-hydrogen) atoms. The highest BCUT2D eigenvalue weighted by Gasteiger charge is 2.21. The zero-order valence-corrected chi connectivity index (χ0v) is 16.9. The second-order valence-electron chi connectivity index (χ2n) is 6.97. The van der Waals surface area contributed by atoms with Gasteiger partial charge in [0.05, 0.1) is 24.0 Å². The Labute approximate surface area is 170 Å². The number of aromatic nitrogens is 2. The van der Waals surface area contributed by atoms with Crippen LogP contribution in [-0.2, 0) is 16.1 Å². The average Bonchev–Trinajstić information content (AvgIpc) is 3.00. The molecular formula is C23H25N3O3. The van der Waals surface area contributed by atoms with Crippen molar-refractivity contribution in [2.24, 2.45) is 0 Å². The van der Waals surface area contributed by atoms with E-state index in [0.717, 1.165) is 16.8 Å². The molecule has 6 nitrogen and oxygen atoms in total. The van der Waals surface area contributed by atoms with Crippen LogP contribution in [0.4, 0.5) is 0 Å². The van der Waals surface area contributed by atoms with Crippen molar-refractivity contribution in [2.45, 2.75) is 33.4 Å². The number of carbonyl (C=O) groups is 2. The third-order valence-electron chi connectivity index (χ3n) is 4.77. The van der Waals surface area contributed by atoms with Gasteiger partial charge in [-0.3, -0.25) is 9.48 Å². The first kappa shape index (κ1) is 20.3. The number of amides is 1. The average molecular weight is 391 g/mol. The molecule has 0 unspecified atom stereocenters. The van der Waals surface area contributed by atoms with Crippen LogP contribution in [0.3, 0.4) is 0 Å². The largest absolute Gasteiger partial charge is 0.452 e. The summed E-state index contributed by atoms with van der Waals surface area (Å²) in [5.41, 5.74) is 3.79. The number of nitrogens with one attached hydrogen (secondary N) is 1. The number of benzene rings is 2. The number of ether oxygens (including phenoxy) is 1. The molecule has 1 N–H and O–H groups in total. The van der Waals surface area contributed by atoms with Crippen molar-refractivity contribution in [2.75, 3.05) is 6.61 Å². The maximum absolute atomic E-state index is 12.6. The summed E-state index contributed by atoms with van der Waals surface area (Å²) in [5.74, 6) is -0.886. The first-order valence-corrected chi connectivity index (χ1v) is 9.55. The van der Waals surface area contributed by atoms with Crippen LogP contribution in [0.2, 0.25) is 0 Å². The maximum atomic E-state index is 12.6. The topological polar surface area (TPSA) is 73.2 Å². The zero-order valence-electron chi connectivity index (χ0n) is 16.9. The number of hydrogen-bond donors (Lipinski definition) is 1. The summed E-state index contributed by atoms with van der Waals surface area (Å²) >= 11 is 0. The van der Waals surface area contributed by atoms with Gasteiger partial charge in [-0.15, -0.1) is 0 Å². The van der Waals surface area contributed by atoms with Gasteiger partial charge in [0.2, 0.25) is 0 Å². The molecule has 0 spiro atoms. The lowest BCUT2D eigenvalue weighted by Gasteiger charge is -2.14. The minimum atomic E-state index is -0.540. The van der Waals surface area contributed by atoms with Crippen molar-refractivity contribution < 1.29 is 14.3 Å². The maximum Gasteiger partial charge on any atom is 0.342 e. The second-order valence-corrected chi connectivity index (χ2v) is 6.97. The summed E-state index contributed by atoms with van der Waals surface area (Å²) in [6.45, 7) is 5.71. The van der Waals surface area contributed by atoms with E-state index in [2.05, 4.69) is 10.4 Å². The van der Waals surface area contributed by atoms with Crippen molar-refractivity contribution in [3.05, 3.63) is 88.7 Å². The molecule has 3 rings (SSSR count). The highest BCUT2D eigenvalue weighted by atomic mass is 16.5. The summed E-state index contributed by atoms with van der Waals surface area (Å²) in [4.78, 5) is 24.7. The van der Waals surface area contributed by atoms with Crippen LogP contribution >= 0.6 is 0 Å². The number of carbonyl (C=O) groups excluding carboxylic acids is 2. The molecule has 0 aliphatic heterocycles. The molecule has 1 heterocycles. The highest BCUT2D eigenvalue weighted by molar-refractivity contribution is 5.93. The van der Waals surface area contributed by atoms with E-state index >= 15 is 0 Å². The van der Waals surface area contributed by atoms with Crippen molar-refractivity contribution >= 4 is 11.9 Å². The lowest BCUT2D eigenvalue weighted by molar-refractivity contribution is -0.124. The standard InChI is InChI=1S/C23H25N3O3/c1-16(20-12-8-5-9-13-20)24-21(27)15-29-23(28)22-17(2)25-26(18(22)3)14-19-10-6-4-7-11-19/h4-13,16H,14-15H2,1-3H3,(H,24,27)/t16-/m0/s1. The Balaban J connectivity index is 1.60. The molecule has 0 radical (unpaired) electrons. The van der Waals surface area contributed by atoms with Crippen LogP contribution in [0.5, 0.6) is 0 Å². The predicted molar refractivity (Wildman–Crippen MR) is 111 cm³/mol. The van der Waals surface area contributed by atoms with Crippen molar-refractivity contribution in [3.8, 4) is 0 Å². The fourth-order valence-electron chi connectivity index (χ4n) is 3.21. The fourth-order valence-corrected chi connectivity index (χ4v) is 3.21. The van der Waals surface area contributed by atoms with Crippen LogP contribution in [0.15, 0.2) is 60.7 Å². The molecule has 0 bridgehead atoms. The molecule has 0 fully saturated rings. The van der Waals surface area contributed by atoms with E-state index in [9.17, 15) is 9.59 Å². The van der Waals surface area contributed by atoms with E-state index in [0.29, 0.717) is 17.8 Å². The van der Waals surface area contributed by atoms with E-state index in [4.69, 9.17) is 4.74 Å². The Morgan fingerprint density at radius 2 is 1.66 bits per heavy atom. The number of nitrogens with zero attached hydrogens (tertiary/aromatic N) is 2. The van der Waals surface area contributed by atoms with Gasteiger partial charge in [-0.05, 0) is 31.9 Å². The Bertz CT molecular complexity index is 981. The Kier molecular flexibility index (Phi) is 6.44. The van der Waals surface area contributed by atoms with Crippen LogP contribution in [-0.4, -0.2) is 28.3 Å². The molecule has 0 saturated carbocycles. The van der Waals surface area contributed by atoms with Crippen LogP contribution in [0, 0.1) is 13.8 Å². The summed E-state index contributed by atoms with van der Waals surface area (Å²) < 4.78 is 7.02. The minimum absolute atomic E-state index is 0.167. The smallest absolute Gasteiger partial charge is 0.342 e. The van der Waals surface area contributed by atoms with Gasteiger partial charge in [-0.25, -0.2) is 4.79 Å². The van der Waals surface area contributed by atoms with E-state index in [1.165, 1.54) is 0 Å². The van der Waals surface area contributed by atoms with Gasteiger partial charge in [-0.2, -0.15) is 5.10 Å². The van der Waals surface area contributed by atoms with Crippen LogP contribution in [0.25, 0.3) is 0 Å². The van der Waals surface area contributed by atoms with Gasteiger partial charge in [0.1, 0.15) is 5.56 Å². The van der Waals surface area contributed by atoms with Gasteiger partial charge in [0.25, 0.3) is 5.91 Å². The summed E-state index contributed by atoms with van der Waals surface area (Å²) in [5, 5.41) is 7.29. The molecule has 150 valence electrons. The van der Waals surface area contributed by atoms with E-state index in [1.807, 2.05) is 74.5 Å². The fraction of sp³-hybridized carbons (Fsp3) is 0.261. The third-order valence-corrected chi connectivity index (χ3v) is 4.77. The monoisotopic (exact) mass is 391 g/mol. The Morgan fingerprint density at radius 3 is 2.31 bits per heavy atom. The molecule has 1 amide bonds. The van der Waals surface area contributed by atoms with Crippen LogP contribution in [0.1, 0.15) is 45.8 Å². The number of aryl methyl sites for hydroxylation is 1. The van der Waals surface area contributed by atoms with E-state index in [-0.39, 0.29) is 18.6 Å². The molecular weight excluding hydrogens is 366 g/mol. The quantitative estimate of drug-likeness (QED) is 0.625. The Morgan fingerprint density at radius 1 is 1.03 bits per heavy atom. The molecule has 1 atom stereocenters. The van der Waals surface area contributed by atoms with E-state index in [1.54, 1.807) is 11.6 Å². The molecule has 0 aliphatic carbocycles. The molecule has 2 aromatic carbocycles. The van der Waals surface area contributed by atoms with Gasteiger partial charge < -0.3 is 10.1 Å². The zero-order chi connectivity index (χ0) is 20.8. The third kappa shape index (κ3) is 5.10. The van der Waals surface area contributed by atoms with Crippen molar-refractivity contribution in [1.82, 2.24) is 15.1 Å². The van der Waals surface area contributed by atoms with Gasteiger partial charge in [0.15, 0.2) is 6.61 Å². The van der Waals surface area contributed by atoms with Crippen molar-refractivity contribution in [1.29, 1.82) is 0 Å². The molecule has 3 aromatic rings. The molecule has 0 saturated heterocycles. The highest BCUT2D eigenvalue weighted by Crippen LogP contribution is 2.16.